The number of nitrogens with two attached hydrogens (primary N) is 1. The zero-order valence-corrected chi connectivity index (χ0v) is 10.9. The van der Waals surface area contributed by atoms with Gasteiger partial charge in [-0.3, -0.25) is 15.4 Å². The van der Waals surface area contributed by atoms with Crippen molar-refractivity contribution >= 4 is 11.8 Å². The Balaban J connectivity index is 1.61. The smallest absolute Gasteiger partial charge is 0.244 e. The third-order valence-electron chi connectivity index (χ3n) is 4.41. The van der Waals surface area contributed by atoms with Crippen LogP contribution in [0.3, 0.4) is 0 Å². The highest BCUT2D eigenvalue weighted by Gasteiger charge is 2.57. The first-order chi connectivity index (χ1) is 9.03. The molecule has 1 spiro atoms. The van der Waals surface area contributed by atoms with Crippen LogP contribution in [0.2, 0.25) is 0 Å². The van der Waals surface area contributed by atoms with Gasteiger partial charge in [0.25, 0.3) is 0 Å². The number of hydrogen-bond donors (Lipinski definition) is 2. The fourth-order valence-corrected chi connectivity index (χ4v) is 2.96. The predicted molar refractivity (Wildman–Crippen MR) is 66.6 cm³/mol. The minimum atomic E-state index is -0.525. The summed E-state index contributed by atoms with van der Waals surface area (Å²) in [6.45, 7) is 2.19. The summed E-state index contributed by atoms with van der Waals surface area (Å²) in [5, 5.41) is 11.1. The van der Waals surface area contributed by atoms with Crippen molar-refractivity contribution < 1.29 is 14.7 Å². The maximum absolute atomic E-state index is 12.3. The zero-order chi connectivity index (χ0) is 13.6. The number of hydrogen-bond acceptors (Lipinski definition) is 5. The summed E-state index contributed by atoms with van der Waals surface area (Å²) in [5.74, 6) is 5.76. The van der Waals surface area contributed by atoms with Gasteiger partial charge in [-0.2, -0.15) is 0 Å². The lowest BCUT2D eigenvalue weighted by molar-refractivity contribution is -0.149. The van der Waals surface area contributed by atoms with Crippen molar-refractivity contribution in [3.63, 3.8) is 0 Å². The van der Waals surface area contributed by atoms with Crippen molar-refractivity contribution in [2.24, 2.45) is 5.84 Å². The molecule has 0 radical (unpaired) electrons. The summed E-state index contributed by atoms with van der Waals surface area (Å²) in [5.41, 5.74) is -0.525. The Morgan fingerprint density at radius 1 is 1.37 bits per heavy atom. The van der Waals surface area contributed by atoms with Crippen LogP contribution in [0.15, 0.2) is 0 Å². The van der Waals surface area contributed by atoms with E-state index < -0.39 is 11.6 Å². The van der Waals surface area contributed by atoms with E-state index >= 15 is 0 Å². The molecular weight excluding hydrogens is 248 g/mol. The Kier molecular flexibility index (Phi) is 2.99. The van der Waals surface area contributed by atoms with E-state index in [1.54, 1.807) is 14.8 Å². The molecular formula is C12H20N4O3. The number of amides is 2. The normalized spacial score (nSPS) is 30.2. The molecule has 0 bridgehead atoms. The molecule has 2 saturated heterocycles. The molecule has 7 heteroatoms. The molecule has 2 heterocycles. The van der Waals surface area contributed by atoms with Crippen molar-refractivity contribution in [3.8, 4) is 0 Å². The number of aliphatic hydroxyl groups excluding tert-OH is 1. The highest BCUT2D eigenvalue weighted by atomic mass is 16.3. The van der Waals surface area contributed by atoms with Gasteiger partial charge in [-0.25, -0.2) is 5.01 Å². The molecule has 3 N–H and O–H groups in total. The number of carbonyl (C=O) groups excluding carboxylic acids is 2. The number of piperazine rings is 1. The van der Waals surface area contributed by atoms with Gasteiger partial charge in [-0.05, 0) is 19.3 Å². The Morgan fingerprint density at radius 2 is 2.11 bits per heavy atom. The van der Waals surface area contributed by atoms with E-state index in [2.05, 4.69) is 0 Å². The minimum Gasteiger partial charge on any atom is -0.391 e. The number of β-amino-alcohol motifs (C(OH)–C–C–N with tert-alkyl or cyclic N) is 1. The molecule has 19 heavy (non-hydrogen) atoms. The van der Waals surface area contributed by atoms with E-state index in [1.165, 1.54) is 0 Å². The van der Waals surface area contributed by atoms with Gasteiger partial charge in [0.1, 0.15) is 5.54 Å². The molecule has 0 aromatic heterocycles. The van der Waals surface area contributed by atoms with Gasteiger partial charge in [0, 0.05) is 26.2 Å². The van der Waals surface area contributed by atoms with Crippen molar-refractivity contribution in [2.75, 3.05) is 32.7 Å². The topological polar surface area (TPSA) is 90.1 Å². The van der Waals surface area contributed by atoms with Gasteiger partial charge in [0.15, 0.2) is 0 Å². The first-order valence-corrected chi connectivity index (χ1v) is 6.80. The lowest BCUT2D eigenvalue weighted by Crippen LogP contribution is -2.62. The average molecular weight is 268 g/mol. The van der Waals surface area contributed by atoms with Crippen molar-refractivity contribution in [3.05, 3.63) is 0 Å². The van der Waals surface area contributed by atoms with E-state index in [9.17, 15) is 14.7 Å². The molecule has 2 aliphatic heterocycles. The molecule has 0 aromatic rings. The molecule has 106 valence electrons. The third kappa shape index (κ3) is 2.11. The fourth-order valence-electron chi connectivity index (χ4n) is 2.96. The summed E-state index contributed by atoms with van der Waals surface area (Å²) < 4.78 is 0. The lowest BCUT2D eigenvalue weighted by Gasteiger charge is -2.38. The van der Waals surface area contributed by atoms with Crippen LogP contribution in [0.1, 0.15) is 19.3 Å². The second kappa shape index (κ2) is 4.43. The number of nitrogens with zero attached hydrogens (tertiary/aromatic N) is 3. The minimum absolute atomic E-state index is 0.0191. The Bertz CT molecular complexity index is 410. The third-order valence-corrected chi connectivity index (χ3v) is 4.41. The molecule has 3 fully saturated rings. The van der Waals surface area contributed by atoms with Gasteiger partial charge in [0.05, 0.1) is 12.6 Å². The van der Waals surface area contributed by atoms with E-state index in [0.29, 0.717) is 32.6 Å². The average Bonchev–Trinajstić information content (AvgIpc) is 3.07. The van der Waals surface area contributed by atoms with Gasteiger partial charge < -0.3 is 14.9 Å². The van der Waals surface area contributed by atoms with Crippen molar-refractivity contribution in [1.82, 2.24) is 14.8 Å². The molecule has 3 rings (SSSR count). The Hall–Kier alpha value is -1.18. The first-order valence-electron chi connectivity index (χ1n) is 6.80. The maximum atomic E-state index is 12.3. The monoisotopic (exact) mass is 268 g/mol. The van der Waals surface area contributed by atoms with E-state index in [-0.39, 0.29) is 18.4 Å². The van der Waals surface area contributed by atoms with Gasteiger partial charge in [-0.15, -0.1) is 0 Å². The second-order valence-corrected chi connectivity index (χ2v) is 5.73. The molecule has 1 atom stereocenters. The van der Waals surface area contributed by atoms with Crippen LogP contribution >= 0.6 is 0 Å². The van der Waals surface area contributed by atoms with E-state index in [4.69, 9.17) is 5.84 Å². The number of aliphatic hydroxyl groups is 1. The number of rotatable bonds is 2. The number of hydrazine groups is 1. The van der Waals surface area contributed by atoms with Gasteiger partial charge in [0.2, 0.25) is 11.8 Å². The SMILES string of the molecule is NN1CCN(CC(=O)N2CCC(O)C2)C(=O)C12CC2. The van der Waals surface area contributed by atoms with Crippen molar-refractivity contribution in [2.45, 2.75) is 30.9 Å². The highest BCUT2D eigenvalue weighted by molar-refractivity contribution is 5.93. The highest BCUT2D eigenvalue weighted by Crippen LogP contribution is 2.43. The van der Waals surface area contributed by atoms with E-state index in [1.807, 2.05) is 0 Å². The summed E-state index contributed by atoms with van der Waals surface area (Å²) >= 11 is 0. The van der Waals surface area contributed by atoms with Crippen LogP contribution in [0.4, 0.5) is 0 Å². The van der Waals surface area contributed by atoms with Crippen LogP contribution in [0, 0.1) is 0 Å². The summed E-state index contributed by atoms with van der Waals surface area (Å²) in [6, 6.07) is 0. The largest absolute Gasteiger partial charge is 0.391 e. The lowest BCUT2D eigenvalue weighted by atomic mass is 10.1. The molecule has 1 aliphatic carbocycles. The standard InChI is InChI=1S/C12H20N4O3/c13-16-6-5-15(11(19)12(16)2-3-12)8-10(18)14-4-1-9(17)7-14/h9,17H,1-8,13H2. The first kappa shape index (κ1) is 12.8. The Labute approximate surface area is 111 Å². The zero-order valence-electron chi connectivity index (χ0n) is 10.9. The van der Waals surface area contributed by atoms with Gasteiger partial charge in [-0.1, -0.05) is 0 Å². The van der Waals surface area contributed by atoms with Crippen LogP contribution in [0.25, 0.3) is 0 Å². The summed E-state index contributed by atoms with van der Waals surface area (Å²) in [4.78, 5) is 27.7. The molecule has 1 unspecified atom stereocenters. The molecule has 1 saturated carbocycles. The molecule has 2 amide bonds. The van der Waals surface area contributed by atoms with Gasteiger partial charge >= 0.3 is 0 Å². The molecule has 3 aliphatic rings. The van der Waals surface area contributed by atoms with Crippen LogP contribution < -0.4 is 5.84 Å². The van der Waals surface area contributed by atoms with Crippen LogP contribution in [-0.4, -0.2) is 76.1 Å². The predicted octanol–water partition coefficient (Wildman–Crippen LogP) is -1.87. The number of likely N-dealkylation sites (tertiary alicyclic amines) is 1. The molecule has 0 aromatic carbocycles. The van der Waals surface area contributed by atoms with Crippen LogP contribution in [-0.2, 0) is 9.59 Å². The van der Waals surface area contributed by atoms with Crippen LogP contribution in [0.5, 0.6) is 0 Å². The van der Waals surface area contributed by atoms with Crippen molar-refractivity contribution in [1.29, 1.82) is 0 Å². The summed E-state index contributed by atoms with van der Waals surface area (Å²) in [7, 11) is 0. The second-order valence-electron chi connectivity index (χ2n) is 5.73. The quantitative estimate of drug-likeness (QED) is 0.573. The number of carbonyl (C=O) groups is 2. The Morgan fingerprint density at radius 3 is 2.68 bits per heavy atom. The molecule has 7 nitrogen and oxygen atoms in total. The summed E-state index contributed by atoms with van der Waals surface area (Å²) in [6.07, 6.45) is 1.78. The maximum Gasteiger partial charge on any atom is 0.244 e. The van der Waals surface area contributed by atoms with E-state index in [0.717, 1.165) is 12.8 Å². The fraction of sp³-hybridized carbons (Fsp3) is 0.833.